The lowest BCUT2D eigenvalue weighted by atomic mass is 10.0. The maximum absolute atomic E-state index is 12.1. The van der Waals surface area contributed by atoms with Crippen LogP contribution in [0.3, 0.4) is 0 Å². The SMILES string of the molecule is O=C(O)N1C[C@@H]2CN(c3ccc(OC(F)(F)F)cc3)C[C@@H]2C1. The Balaban J connectivity index is 1.62. The largest absolute Gasteiger partial charge is 0.573 e. The predicted molar refractivity (Wildman–Crippen MR) is 71.9 cm³/mol. The summed E-state index contributed by atoms with van der Waals surface area (Å²) < 4.78 is 40.2. The lowest BCUT2D eigenvalue weighted by Gasteiger charge is -2.22. The van der Waals surface area contributed by atoms with Crippen molar-refractivity contribution in [3.05, 3.63) is 24.3 Å². The fourth-order valence-electron chi connectivity index (χ4n) is 3.22. The van der Waals surface area contributed by atoms with Gasteiger partial charge in [-0.2, -0.15) is 0 Å². The Morgan fingerprint density at radius 1 is 1.09 bits per heavy atom. The van der Waals surface area contributed by atoms with Crippen LogP contribution in [-0.2, 0) is 0 Å². The molecule has 1 aromatic carbocycles. The average molecular weight is 316 g/mol. The van der Waals surface area contributed by atoms with Crippen molar-refractivity contribution in [1.82, 2.24) is 4.90 Å². The normalized spacial score (nSPS) is 24.5. The highest BCUT2D eigenvalue weighted by atomic mass is 19.4. The fraction of sp³-hybridized carbons (Fsp3) is 0.500. The summed E-state index contributed by atoms with van der Waals surface area (Å²) in [5.74, 6) is 0.317. The van der Waals surface area contributed by atoms with Crippen molar-refractivity contribution in [2.75, 3.05) is 31.1 Å². The average Bonchev–Trinajstić information content (AvgIpc) is 2.95. The number of fused-ring (bicyclic) bond motifs is 1. The fourth-order valence-corrected chi connectivity index (χ4v) is 3.22. The Kier molecular flexibility index (Phi) is 3.54. The molecule has 1 amide bonds. The molecule has 22 heavy (non-hydrogen) atoms. The Morgan fingerprint density at radius 3 is 2.09 bits per heavy atom. The second-order valence-corrected chi connectivity index (χ2v) is 5.65. The van der Waals surface area contributed by atoms with Gasteiger partial charge in [-0.15, -0.1) is 13.2 Å². The molecular formula is C14H15F3N2O3. The van der Waals surface area contributed by atoms with Crippen molar-refractivity contribution < 1.29 is 27.8 Å². The summed E-state index contributed by atoms with van der Waals surface area (Å²) in [5.41, 5.74) is 0.825. The molecule has 1 aromatic rings. The van der Waals surface area contributed by atoms with Crippen molar-refractivity contribution in [2.24, 2.45) is 11.8 Å². The molecule has 1 N–H and O–H groups in total. The van der Waals surface area contributed by atoms with Crippen molar-refractivity contribution in [2.45, 2.75) is 6.36 Å². The lowest BCUT2D eigenvalue weighted by molar-refractivity contribution is -0.274. The minimum atomic E-state index is -4.69. The van der Waals surface area contributed by atoms with Gasteiger partial charge >= 0.3 is 12.5 Å². The molecule has 120 valence electrons. The van der Waals surface area contributed by atoms with Crippen LogP contribution in [0.15, 0.2) is 24.3 Å². The van der Waals surface area contributed by atoms with E-state index in [1.807, 2.05) is 0 Å². The van der Waals surface area contributed by atoms with Crippen molar-refractivity contribution in [3.63, 3.8) is 0 Å². The number of likely N-dealkylation sites (tertiary alicyclic amines) is 1. The third-order valence-corrected chi connectivity index (χ3v) is 4.19. The zero-order chi connectivity index (χ0) is 15.9. The molecule has 2 aliphatic rings. The molecule has 2 heterocycles. The predicted octanol–water partition coefficient (Wildman–Crippen LogP) is 2.63. The van der Waals surface area contributed by atoms with Gasteiger partial charge in [-0.05, 0) is 24.3 Å². The number of halogens is 3. The first kappa shape index (κ1) is 14.8. The van der Waals surface area contributed by atoms with E-state index in [1.54, 1.807) is 12.1 Å². The molecule has 2 atom stereocenters. The number of ether oxygens (including phenoxy) is 1. The van der Waals surface area contributed by atoms with Crippen molar-refractivity contribution in [3.8, 4) is 5.75 Å². The van der Waals surface area contributed by atoms with Gasteiger partial charge in [0.05, 0.1) is 0 Å². The molecule has 0 unspecified atom stereocenters. The molecule has 0 saturated carbocycles. The van der Waals surface area contributed by atoms with E-state index in [9.17, 15) is 18.0 Å². The van der Waals surface area contributed by atoms with Gasteiger partial charge in [0, 0.05) is 43.7 Å². The number of hydrogen-bond donors (Lipinski definition) is 1. The van der Waals surface area contributed by atoms with E-state index in [1.165, 1.54) is 17.0 Å². The minimum absolute atomic E-state index is 0.243. The zero-order valence-corrected chi connectivity index (χ0v) is 11.6. The molecule has 0 radical (unpaired) electrons. The van der Waals surface area contributed by atoms with E-state index in [-0.39, 0.29) is 17.6 Å². The van der Waals surface area contributed by atoms with Crippen LogP contribution in [0, 0.1) is 11.8 Å². The second-order valence-electron chi connectivity index (χ2n) is 5.65. The van der Waals surface area contributed by atoms with Crippen LogP contribution in [0.1, 0.15) is 0 Å². The third-order valence-electron chi connectivity index (χ3n) is 4.19. The zero-order valence-electron chi connectivity index (χ0n) is 11.6. The quantitative estimate of drug-likeness (QED) is 0.911. The molecule has 5 nitrogen and oxygen atoms in total. The number of anilines is 1. The van der Waals surface area contributed by atoms with E-state index in [4.69, 9.17) is 5.11 Å². The molecule has 0 spiro atoms. The van der Waals surface area contributed by atoms with Gasteiger partial charge in [0.2, 0.25) is 0 Å². The van der Waals surface area contributed by atoms with Gasteiger partial charge in [0.25, 0.3) is 0 Å². The standard InChI is InChI=1S/C14H15F3N2O3/c15-14(16,17)22-12-3-1-11(2-4-12)18-5-9-7-19(13(20)21)8-10(9)6-18/h1-4,9-10H,5-8H2,(H,20,21)/t9-,10+. The topological polar surface area (TPSA) is 53.0 Å². The van der Waals surface area contributed by atoms with Crippen LogP contribution in [-0.4, -0.2) is 48.6 Å². The molecule has 8 heteroatoms. The summed E-state index contributed by atoms with van der Waals surface area (Å²) in [4.78, 5) is 14.4. The van der Waals surface area contributed by atoms with E-state index in [0.717, 1.165) is 5.69 Å². The Hall–Kier alpha value is -2.12. The highest BCUT2D eigenvalue weighted by Crippen LogP contribution is 2.34. The molecular weight excluding hydrogens is 301 g/mol. The Bertz CT molecular complexity index is 547. The van der Waals surface area contributed by atoms with Gasteiger partial charge < -0.3 is 19.6 Å². The number of carboxylic acid groups (broad SMARTS) is 1. The third kappa shape index (κ3) is 3.05. The van der Waals surface area contributed by atoms with Crippen LogP contribution >= 0.6 is 0 Å². The Labute approximate surface area is 124 Å². The van der Waals surface area contributed by atoms with Gasteiger partial charge in [-0.25, -0.2) is 4.79 Å². The van der Waals surface area contributed by atoms with E-state index in [2.05, 4.69) is 9.64 Å². The van der Waals surface area contributed by atoms with E-state index < -0.39 is 12.5 Å². The molecule has 3 rings (SSSR count). The van der Waals surface area contributed by atoms with Crippen LogP contribution < -0.4 is 9.64 Å². The number of carbonyl (C=O) groups is 1. The molecule has 2 fully saturated rings. The maximum Gasteiger partial charge on any atom is 0.573 e. The highest BCUT2D eigenvalue weighted by Gasteiger charge is 2.41. The Morgan fingerprint density at radius 2 is 1.64 bits per heavy atom. The first-order valence-electron chi connectivity index (χ1n) is 6.90. The molecule has 0 aromatic heterocycles. The molecule has 2 aliphatic heterocycles. The number of benzene rings is 1. The smallest absolute Gasteiger partial charge is 0.465 e. The van der Waals surface area contributed by atoms with E-state index in [0.29, 0.717) is 26.2 Å². The monoisotopic (exact) mass is 316 g/mol. The second kappa shape index (κ2) is 5.26. The molecule has 0 bridgehead atoms. The van der Waals surface area contributed by atoms with Crippen LogP contribution in [0.2, 0.25) is 0 Å². The summed E-state index contributed by atoms with van der Waals surface area (Å²) in [6.07, 6.45) is -5.58. The summed E-state index contributed by atoms with van der Waals surface area (Å²) in [7, 11) is 0. The van der Waals surface area contributed by atoms with E-state index >= 15 is 0 Å². The highest BCUT2D eigenvalue weighted by molar-refractivity contribution is 5.65. The van der Waals surface area contributed by atoms with Gasteiger partial charge in [-0.1, -0.05) is 0 Å². The summed E-state index contributed by atoms with van der Waals surface area (Å²) in [5, 5.41) is 8.98. The number of amides is 1. The van der Waals surface area contributed by atoms with Crippen LogP contribution in [0.4, 0.5) is 23.7 Å². The number of hydrogen-bond acceptors (Lipinski definition) is 3. The van der Waals surface area contributed by atoms with Crippen molar-refractivity contribution >= 4 is 11.8 Å². The van der Waals surface area contributed by atoms with Crippen molar-refractivity contribution in [1.29, 1.82) is 0 Å². The van der Waals surface area contributed by atoms with Crippen LogP contribution in [0.5, 0.6) is 5.75 Å². The van der Waals surface area contributed by atoms with Gasteiger partial charge in [-0.3, -0.25) is 0 Å². The first-order valence-corrected chi connectivity index (χ1v) is 6.90. The number of rotatable bonds is 2. The van der Waals surface area contributed by atoms with Gasteiger partial charge in [0.15, 0.2) is 0 Å². The van der Waals surface area contributed by atoms with Gasteiger partial charge in [0.1, 0.15) is 5.75 Å². The minimum Gasteiger partial charge on any atom is -0.465 e. The summed E-state index contributed by atoms with van der Waals surface area (Å²) in [6, 6.07) is 5.77. The first-order chi connectivity index (χ1) is 10.3. The lowest BCUT2D eigenvalue weighted by Crippen LogP contribution is -2.32. The number of nitrogens with zero attached hydrogens (tertiary/aromatic N) is 2. The molecule has 2 saturated heterocycles. The van der Waals surface area contributed by atoms with Crippen LogP contribution in [0.25, 0.3) is 0 Å². The molecule has 0 aliphatic carbocycles. The summed E-state index contributed by atoms with van der Waals surface area (Å²) in [6.45, 7) is 2.47. The maximum atomic E-state index is 12.1. The summed E-state index contributed by atoms with van der Waals surface area (Å²) >= 11 is 0. The number of alkyl halides is 3.